The highest BCUT2D eigenvalue weighted by atomic mass is 32.2. The average molecular weight is 185 g/mol. The lowest BCUT2D eigenvalue weighted by Gasteiger charge is -1.86. The second-order valence-electron chi connectivity index (χ2n) is 1.48. The molecule has 0 spiro atoms. The van der Waals surface area contributed by atoms with Gasteiger partial charge in [0.15, 0.2) is 0 Å². The van der Waals surface area contributed by atoms with Gasteiger partial charge in [0.2, 0.25) is 0 Å². The summed E-state index contributed by atoms with van der Waals surface area (Å²) in [6.45, 7) is -0.0289. The SMILES string of the molecule is NC(N)=O.NCCS(=O)(=O)O. The zero-order valence-electron chi connectivity index (χ0n) is 5.73. The zero-order chi connectivity index (χ0) is 9.49. The van der Waals surface area contributed by atoms with Crippen LogP contribution in [-0.2, 0) is 10.1 Å². The fourth-order valence-electron chi connectivity index (χ4n) is 0.149. The van der Waals surface area contributed by atoms with E-state index in [1.165, 1.54) is 0 Å². The van der Waals surface area contributed by atoms with E-state index in [2.05, 4.69) is 11.5 Å². The Labute approximate surface area is 64.3 Å². The Hall–Kier alpha value is -0.860. The monoisotopic (exact) mass is 185 g/mol. The number of primary amides is 2. The van der Waals surface area contributed by atoms with Gasteiger partial charge in [0.05, 0.1) is 5.75 Å². The maximum absolute atomic E-state index is 9.71. The van der Waals surface area contributed by atoms with Gasteiger partial charge in [-0.25, -0.2) is 4.79 Å². The third-order valence-corrected chi connectivity index (χ3v) is 1.13. The van der Waals surface area contributed by atoms with Gasteiger partial charge in [-0.1, -0.05) is 0 Å². The summed E-state index contributed by atoms with van der Waals surface area (Å²) in [5.74, 6) is -0.354. The van der Waals surface area contributed by atoms with E-state index in [0.29, 0.717) is 0 Å². The minimum atomic E-state index is -3.80. The molecule has 0 aromatic heterocycles. The van der Waals surface area contributed by atoms with Crippen molar-refractivity contribution in [3.05, 3.63) is 0 Å². The minimum absolute atomic E-state index is 0.0289. The van der Waals surface area contributed by atoms with Crippen LogP contribution in [0.2, 0.25) is 0 Å². The van der Waals surface area contributed by atoms with Gasteiger partial charge in [-0.05, 0) is 0 Å². The predicted octanol–water partition coefficient (Wildman–Crippen LogP) is -2.14. The molecule has 0 bridgehead atoms. The molecule has 0 aromatic rings. The van der Waals surface area contributed by atoms with Gasteiger partial charge in [-0.2, -0.15) is 8.42 Å². The molecule has 0 radical (unpaired) electrons. The molecule has 8 heteroatoms. The van der Waals surface area contributed by atoms with Crippen molar-refractivity contribution in [2.24, 2.45) is 17.2 Å². The maximum atomic E-state index is 9.71. The number of carbonyl (C=O) groups excluding carboxylic acids is 1. The molecule has 0 aliphatic rings. The summed E-state index contributed by atoms with van der Waals surface area (Å²) in [5, 5.41) is 0. The van der Waals surface area contributed by atoms with Crippen LogP contribution in [0.5, 0.6) is 0 Å². The first-order valence-electron chi connectivity index (χ1n) is 2.49. The van der Waals surface area contributed by atoms with Gasteiger partial charge < -0.3 is 17.2 Å². The molecular formula is C3H11N3O4S. The normalized spacial score (nSPS) is 9.64. The van der Waals surface area contributed by atoms with Crippen LogP contribution in [0.25, 0.3) is 0 Å². The van der Waals surface area contributed by atoms with Crippen molar-refractivity contribution in [3.8, 4) is 0 Å². The van der Waals surface area contributed by atoms with Crippen molar-refractivity contribution in [1.29, 1.82) is 0 Å². The zero-order valence-corrected chi connectivity index (χ0v) is 6.54. The molecule has 0 atom stereocenters. The van der Waals surface area contributed by atoms with Gasteiger partial charge in [0, 0.05) is 6.54 Å². The Morgan fingerprint density at radius 3 is 1.64 bits per heavy atom. The first-order valence-corrected chi connectivity index (χ1v) is 4.10. The molecule has 0 saturated carbocycles. The van der Waals surface area contributed by atoms with E-state index in [1.807, 2.05) is 0 Å². The fourth-order valence-corrected chi connectivity index (χ4v) is 0.447. The van der Waals surface area contributed by atoms with Gasteiger partial charge in [0.25, 0.3) is 10.1 Å². The van der Waals surface area contributed by atoms with Crippen LogP contribution in [0.4, 0.5) is 4.79 Å². The molecular weight excluding hydrogens is 174 g/mol. The van der Waals surface area contributed by atoms with Crippen LogP contribution in [0.3, 0.4) is 0 Å². The van der Waals surface area contributed by atoms with Crippen molar-refractivity contribution >= 4 is 16.1 Å². The lowest BCUT2D eigenvalue weighted by molar-refractivity contribution is 0.256. The van der Waals surface area contributed by atoms with Crippen molar-refractivity contribution < 1.29 is 17.8 Å². The van der Waals surface area contributed by atoms with Crippen molar-refractivity contribution in [2.75, 3.05) is 12.3 Å². The number of carbonyl (C=O) groups is 1. The largest absolute Gasteiger partial charge is 0.352 e. The van der Waals surface area contributed by atoms with E-state index in [4.69, 9.17) is 15.1 Å². The summed E-state index contributed by atoms with van der Waals surface area (Å²) < 4.78 is 27.3. The summed E-state index contributed by atoms with van der Waals surface area (Å²) in [5.41, 5.74) is 13.3. The van der Waals surface area contributed by atoms with Crippen molar-refractivity contribution in [2.45, 2.75) is 0 Å². The third kappa shape index (κ3) is 47.3. The highest BCUT2D eigenvalue weighted by molar-refractivity contribution is 7.85. The molecule has 0 aliphatic carbocycles. The molecule has 0 heterocycles. The molecule has 0 fully saturated rings. The molecule has 0 rings (SSSR count). The molecule has 7 N–H and O–H groups in total. The van der Waals surface area contributed by atoms with Gasteiger partial charge >= 0.3 is 6.03 Å². The van der Waals surface area contributed by atoms with Crippen LogP contribution >= 0.6 is 0 Å². The lowest BCUT2D eigenvalue weighted by Crippen LogP contribution is -2.18. The first-order chi connectivity index (χ1) is 4.79. The van der Waals surface area contributed by atoms with E-state index in [-0.39, 0.29) is 12.3 Å². The van der Waals surface area contributed by atoms with Crippen LogP contribution in [0.1, 0.15) is 0 Å². The molecule has 7 nitrogen and oxygen atoms in total. The summed E-state index contributed by atoms with van der Waals surface area (Å²) in [7, 11) is -3.80. The van der Waals surface area contributed by atoms with Gasteiger partial charge in [-0.3, -0.25) is 4.55 Å². The van der Waals surface area contributed by atoms with Crippen LogP contribution < -0.4 is 17.2 Å². The number of hydrogen-bond donors (Lipinski definition) is 4. The van der Waals surface area contributed by atoms with Crippen molar-refractivity contribution in [1.82, 2.24) is 0 Å². The second-order valence-corrected chi connectivity index (χ2v) is 3.05. The van der Waals surface area contributed by atoms with E-state index in [9.17, 15) is 8.42 Å². The highest BCUT2D eigenvalue weighted by Gasteiger charge is 1.98. The Morgan fingerprint density at radius 2 is 1.64 bits per heavy atom. The molecule has 0 unspecified atom stereocenters. The quantitative estimate of drug-likeness (QED) is 0.362. The molecule has 0 saturated heterocycles. The van der Waals surface area contributed by atoms with E-state index in [1.54, 1.807) is 0 Å². The third-order valence-electron chi connectivity index (χ3n) is 0.376. The summed E-state index contributed by atoms with van der Waals surface area (Å²) in [6, 6.07) is -0.833. The van der Waals surface area contributed by atoms with Gasteiger partial charge in [0.1, 0.15) is 0 Å². The summed E-state index contributed by atoms with van der Waals surface area (Å²) in [4.78, 5) is 9.00. The number of amides is 2. The Kier molecular flexibility index (Phi) is 6.85. The van der Waals surface area contributed by atoms with Crippen LogP contribution in [0.15, 0.2) is 0 Å². The predicted molar refractivity (Wildman–Crippen MR) is 39.2 cm³/mol. The number of hydrogen-bond acceptors (Lipinski definition) is 4. The Balaban J connectivity index is 0. The highest BCUT2D eigenvalue weighted by Crippen LogP contribution is 1.74. The summed E-state index contributed by atoms with van der Waals surface area (Å²) >= 11 is 0. The first kappa shape index (κ1) is 12.8. The van der Waals surface area contributed by atoms with E-state index < -0.39 is 16.1 Å². The average Bonchev–Trinajstić information content (AvgIpc) is 1.58. The Bertz CT molecular complexity index is 195. The van der Waals surface area contributed by atoms with Crippen LogP contribution in [0, 0.1) is 0 Å². The van der Waals surface area contributed by atoms with Gasteiger partial charge in [-0.15, -0.1) is 0 Å². The molecule has 11 heavy (non-hydrogen) atoms. The molecule has 0 aliphatic heterocycles. The number of nitrogens with two attached hydrogens (primary N) is 3. The fraction of sp³-hybridized carbons (Fsp3) is 0.667. The standard InChI is InChI=1S/C2H7NO3S.CH4N2O/c3-1-2-7(4,5)6;2-1(3)4/h1-3H2,(H,4,5,6);(H4,2,3,4). The Morgan fingerprint density at radius 1 is 1.36 bits per heavy atom. The smallest absolute Gasteiger partial charge is 0.309 e. The molecule has 68 valence electrons. The van der Waals surface area contributed by atoms with E-state index >= 15 is 0 Å². The summed E-state index contributed by atoms with van der Waals surface area (Å²) in [6.07, 6.45) is 0. The minimum Gasteiger partial charge on any atom is -0.352 e. The lowest BCUT2D eigenvalue weighted by atomic mass is 10.8. The van der Waals surface area contributed by atoms with E-state index in [0.717, 1.165) is 0 Å². The maximum Gasteiger partial charge on any atom is 0.309 e. The second kappa shape index (κ2) is 5.89. The topological polar surface area (TPSA) is 149 Å². The molecule has 2 amide bonds. The molecule has 0 aromatic carbocycles. The van der Waals surface area contributed by atoms with Crippen molar-refractivity contribution in [3.63, 3.8) is 0 Å². The number of rotatable bonds is 2. The number of urea groups is 1. The van der Waals surface area contributed by atoms with Crippen LogP contribution in [-0.4, -0.2) is 31.3 Å².